The minimum atomic E-state index is -0.254. The van der Waals surface area contributed by atoms with Crippen LogP contribution in [0.15, 0.2) is 35.1 Å². The third-order valence-corrected chi connectivity index (χ3v) is 3.22. The maximum atomic E-state index is 12.5. The van der Waals surface area contributed by atoms with Crippen molar-refractivity contribution in [2.24, 2.45) is 0 Å². The molecule has 0 saturated heterocycles. The molecule has 1 aromatic carbocycles. The molecule has 3 rings (SSSR count). The van der Waals surface area contributed by atoms with Gasteiger partial charge in [0.2, 0.25) is 0 Å². The van der Waals surface area contributed by atoms with Gasteiger partial charge in [-0.05, 0) is 12.5 Å². The Morgan fingerprint density at radius 2 is 2.00 bits per heavy atom. The molecule has 0 saturated carbocycles. The van der Waals surface area contributed by atoms with Gasteiger partial charge in [0, 0.05) is 12.0 Å². The molecule has 6 heteroatoms. The fraction of sp³-hybridized carbons (Fsp3) is 0.214. The molecule has 0 fully saturated rings. The number of aliphatic hydroxyl groups is 1. The third kappa shape index (κ3) is 2.10. The molecule has 0 spiro atoms. The zero-order valence-corrected chi connectivity index (χ0v) is 11.0. The molecule has 2 N–H and O–H groups in total. The molecule has 0 amide bonds. The largest absolute Gasteiger partial charge is 0.388 e. The highest BCUT2D eigenvalue weighted by Gasteiger charge is 2.13. The van der Waals surface area contributed by atoms with Crippen molar-refractivity contribution in [3.8, 4) is 0 Å². The first kappa shape index (κ1) is 12.6. The van der Waals surface area contributed by atoms with Gasteiger partial charge in [0.25, 0.3) is 11.3 Å². The van der Waals surface area contributed by atoms with Crippen molar-refractivity contribution in [2.45, 2.75) is 20.0 Å². The van der Waals surface area contributed by atoms with Crippen molar-refractivity contribution >= 4 is 5.78 Å². The summed E-state index contributed by atoms with van der Waals surface area (Å²) in [5.41, 5.74) is 2.16. The lowest BCUT2D eigenvalue weighted by atomic mass is 10.1. The van der Waals surface area contributed by atoms with Crippen LogP contribution in [-0.2, 0) is 13.0 Å². The summed E-state index contributed by atoms with van der Waals surface area (Å²) in [7, 11) is 0. The van der Waals surface area contributed by atoms with Gasteiger partial charge in [-0.3, -0.25) is 9.89 Å². The Morgan fingerprint density at radius 3 is 2.70 bits per heavy atom. The molecular weight excluding hydrogens is 256 g/mol. The number of hydrogen-bond donors (Lipinski definition) is 2. The molecule has 3 aromatic rings. The van der Waals surface area contributed by atoms with E-state index in [4.69, 9.17) is 5.11 Å². The number of rotatable bonds is 3. The van der Waals surface area contributed by atoms with Crippen LogP contribution in [0.4, 0.5) is 0 Å². The van der Waals surface area contributed by atoms with E-state index >= 15 is 0 Å². The first-order chi connectivity index (χ1) is 9.69. The van der Waals surface area contributed by atoms with Gasteiger partial charge < -0.3 is 5.11 Å². The normalized spacial score (nSPS) is 11.1. The first-order valence-electron chi connectivity index (χ1n) is 6.31. The zero-order valence-electron chi connectivity index (χ0n) is 11.0. The van der Waals surface area contributed by atoms with Gasteiger partial charge in [-0.15, -0.1) is 0 Å². The lowest BCUT2D eigenvalue weighted by Gasteiger charge is -2.04. The monoisotopic (exact) mass is 270 g/mol. The zero-order chi connectivity index (χ0) is 14.1. The summed E-state index contributed by atoms with van der Waals surface area (Å²) in [6.45, 7) is 1.54. The number of aliphatic hydroxyl groups excluding tert-OH is 1. The van der Waals surface area contributed by atoms with E-state index in [0.717, 1.165) is 5.56 Å². The van der Waals surface area contributed by atoms with E-state index < -0.39 is 0 Å². The quantitative estimate of drug-likeness (QED) is 0.737. The predicted molar refractivity (Wildman–Crippen MR) is 73.5 cm³/mol. The van der Waals surface area contributed by atoms with Crippen LogP contribution in [-0.4, -0.2) is 24.7 Å². The molecule has 20 heavy (non-hydrogen) atoms. The topological polar surface area (TPSA) is 83.3 Å². The molecular formula is C14H14N4O2. The molecule has 0 bridgehead atoms. The van der Waals surface area contributed by atoms with Crippen molar-refractivity contribution in [2.75, 3.05) is 0 Å². The lowest BCUT2D eigenvalue weighted by molar-refractivity contribution is 0.271. The third-order valence-electron chi connectivity index (χ3n) is 3.22. The van der Waals surface area contributed by atoms with Crippen molar-refractivity contribution in [3.63, 3.8) is 0 Å². The summed E-state index contributed by atoms with van der Waals surface area (Å²) in [6, 6.07) is 9.76. The van der Waals surface area contributed by atoms with Crippen LogP contribution >= 0.6 is 0 Å². The van der Waals surface area contributed by atoms with Gasteiger partial charge in [0.1, 0.15) is 6.61 Å². The van der Waals surface area contributed by atoms with E-state index in [1.54, 1.807) is 6.92 Å². The minimum absolute atomic E-state index is 0.177. The molecule has 6 nitrogen and oxygen atoms in total. The Hall–Kier alpha value is -2.47. The van der Waals surface area contributed by atoms with Crippen LogP contribution in [0, 0.1) is 6.92 Å². The van der Waals surface area contributed by atoms with Crippen LogP contribution < -0.4 is 5.56 Å². The number of aromatic nitrogens is 4. The number of aromatic amines is 1. The van der Waals surface area contributed by atoms with Crippen LogP contribution in [0.5, 0.6) is 0 Å². The van der Waals surface area contributed by atoms with Crippen molar-refractivity contribution in [3.05, 3.63) is 63.3 Å². The fourth-order valence-electron chi connectivity index (χ4n) is 2.17. The number of fused-ring (bicyclic) bond motifs is 1. The summed E-state index contributed by atoms with van der Waals surface area (Å²) >= 11 is 0. The van der Waals surface area contributed by atoms with Gasteiger partial charge >= 0.3 is 0 Å². The summed E-state index contributed by atoms with van der Waals surface area (Å²) < 4.78 is 1.27. The molecule has 2 aromatic heterocycles. The van der Waals surface area contributed by atoms with Crippen molar-refractivity contribution in [1.82, 2.24) is 19.6 Å². The Labute approximate surface area is 114 Å². The molecule has 0 aliphatic carbocycles. The summed E-state index contributed by atoms with van der Waals surface area (Å²) in [6.07, 6.45) is 0.523. The molecule has 0 aliphatic heterocycles. The lowest BCUT2D eigenvalue weighted by Crippen LogP contribution is -2.22. The second kappa shape index (κ2) is 4.90. The molecule has 0 aliphatic rings. The Balaban J connectivity index is 2.13. The second-order valence-electron chi connectivity index (χ2n) is 4.61. The summed E-state index contributed by atoms with van der Waals surface area (Å²) in [5.74, 6) is 0.610. The first-order valence-corrected chi connectivity index (χ1v) is 6.31. The molecule has 0 radical (unpaired) electrons. The van der Waals surface area contributed by atoms with Gasteiger partial charge in [0.15, 0.2) is 5.82 Å². The van der Waals surface area contributed by atoms with Crippen molar-refractivity contribution in [1.29, 1.82) is 0 Å². The Bertz CT molecular complexity index is 805. The molecule has 2 heterocycles. The average Bonchev–Trinajstić information content (AvgIpc) is 2.88. The Morgan fingerprint density at radius 1 is 1.25 bits per heavy atom. The smallest absolute Gasteiger partial charge is 0.277 e. The van der Waals surface area contributed by atoms with Crippen LogP contribution in [0.25, 0.3) is 5.78 Å². The van der Waals surface area contributed by atoms with Crippen LogP contribution in [0.3, 0.4) is 0 Å². The minimum Gasteiger partial charge on any atom is -0.388 e. The highest BCUT2D eigenvalue weighted by Crippen LogP contribution is 2.09. The standard InChI is InChI=1S/C14H14N4O2/c1-9-11(7-10-5-3-2-4-6-10)13(20)18-14(15-9)16-12(8-19)17-18/h2-6,19H,7-8H2,1H3,(H,15,16,17). The molecule has 102 valence electrons. The SMILES string of the molecule is Cc1nc2nc(CO)[nH]n2c(=O)c1Cc1ccccc1. The molecule has 0 unspecified atom stereocenters. The Kier molecular flexibility index (Phi) is 3.08. The highest BCUT2D eigenvalue weighted by molar-refractivity contribution is 5.34. The van der Waals surface area contributed by atoms with Crippen LogP contribution in [0.1, 0.15) is 22.6 Å². The number of aryl methyl sites for hydroxylation is 1. The maximum absolute atomic E-state index is 12.5. The number of hydrogen-bond acceptors (Lipinski definition) is 4. The number of nitrogens with one attached hydrogen (secondary N) is 1. The number of nitrogens with zero attached hydrogens (tertiary/aromatic N) is 3. The fourth-order valence-corrected chi connectivity index (χ4v) is 2.17. The predicted octanol–water partition coefficient (Wildman–Crippen LogP) is 0.809. The van der Waals surface area contributed by atoms with E-state index in [1.807, 2.05) is 30.3 Å². The maximum Gasteiger partial charge on any atom is 0.277 e. The van der Waals surface area contributed by atoms with Crippen molar-refractivity contribution < 1.29 is 5.11 Å². The van der Waals surface area contributed by atoms with Gasteiger partial charge in [-0.25, -0.2) is 4.98 Å². The average molecular weight is 270 g/mol. The van der Waals surface area contributed by atoms with E-state index in [-0.39, 0.29) is 17.9 Å². The van der Waals surface area contributed by atoms with Gasteiger partial charge in [-0.1, -0.05) is 30.3 Å². The second-order valence-corrected chi connectivity index (χ2v) is 4.61. The molecule has 0 atom stereocenters. The van der Waals surface area contributed by atoms with Gasteiger partial charge in [-0.2, -0.15) is 9.50 Å². The van der Waals surface area contributed by atoms with E-state index in [9.17, 15) is 4.79 Å². The van der Waals surface area contributed by atoms with E-state index in [0.29, 0.717) is 23.5 Å². The number of benzene rings is 1. The highest BCUT2D eigenvalue weighted by atomic mass is 16.3. The summed E-state index contributed by atoms with van der Waals surface area (Å²) in [4.78, 5) is 20.8. The van der Waals surface area contributed by atoms with Crippen LogP contribution in [0.2, 0.25) is 0 Å². The summed E-state index contributed by atoms with van der Waals surface area (Å²) in [5, 5.41) is 11.8. The van der Waals surface area contributed by atoms with E-state index in [1.165, 1.54) is 4.52 Å². The van der Waals surface area contributed by atoms with E-state index in [2.05, 4.69) is 15.1 Å². The number of H-pyrrole nitrogens is 1. The van der Waals surface area contributed by atoms with Gasteiger partial charge in [0.05, 0.1) is 5.69 Å².